The molecular weight excluding hydrogens is 226 g/mol. The minimum atomic E-state index is 0.661. The summed E-state index contributed by atoms with van der Waals surface area (Å²) in [6, 6.07) is 8.82. The molecule has 2 aliphatic rings. The highest BCUT2D eigenvalue weighted by atomic mass is 16.5. The molecule has 0 spiro atoms. The number of anilines is 2. The van der Waals surface area contributed by atoms with Crippen molar-refractivity contribution in [3.8, 4) is 0 Å². The minimum Gasteiger partial charge on any atom is -0.397 e. The molecule has 2 aliphatic heterocycles. The normalized spacial score (nSPS) is 25.6. The van der Waals surface area contributed by atoms with Gasteiger partial charge in [-0.15, -0.1) is 0 Å². The number of benzene rings is 1. The lowest BCUT2D eigenvalue weighted by Crippen LogP contribution is -2.44. The van der Waals surface area contributed by atoms with Crippen LogP contribution in [0.5, 0.6) is 0 Å². The zero-order chi connectivity index (χ0) is 12.4. The van der Waals surface area contributed by atoms with Crippen molar-refractivity contribution in [2.45, 2.75) is 12.5 Å². The molecule has 2 fully saturated rings. The Morgan fingerprint density at radius 3 is 2.67 bits per heavy atom. The third-order valence-corrected chi connectivity index (χ3v) is 4.00. The number of morpholine rings is 1. The van der Waals surface area contributed by atoms with Gasteiger partial charge in [0.05, 0.1) is 24.6 Å². The van der Waals surface area contributed by atoms with Crippen LogP contribution in [0.25, 0.3) is 0 Å². The van der Waals surface area contributed by atoms with E-state index in [1.807, 2.05) is 12.1 Å². The second-order valence-corrected chi connectivity index (χ2v) is 5.10. The topological polar surface area (TPSA) is 41.7 Å². The standard InChI is InChI=1S/C14H21N3O/c15-13-3-1-2-4-14(13)17-6-5-12(11-17)16-7-9-18-10-8-16/h1-4,12H,5-11,15H2. The molecule has 2 saturated heterocycles. The largest absolute Gasteiger partial charge is 0.397 e. The number of para-hydroxylation sites is 2. The monoisotopic (exact) mass is 247 g/mol. The van der Waals surface area contributed by atoms with Crippen LogP contribution in [-0.2, 0) is 4.74 Å². The molecule has 4 heteroatoms. The van der Waals surface area contributed by atoms with E-state index in [2.05, 4.69) is 21.9 Å². The minimum absolute atomic E-state index is 0.661. The molecule has 18 heavy (non-hydrogen) atoms. The van der Waals surface area contributed by atoms with Gasteiger partial charge in [-0.25, -0.2) is 0 Å². The van der Waals surface area contributed by atoms with Crippen LogP contribution in [0.15, 0.2) is 24.3 Å². The van der Waals surface area contributed by atoms with E-state index in [1.165, 1.54) is 12.1 Å². The van der Waals surface area contributed by atoms with Crippen LogP contribution in [0, 0.1) is 0 Å². The highest BCUT2D eigenvalue weighted by Crippen LogP contribution is 2.28. The number of hydrogen-bond donors (Lipinski definition) is 1. The fourth-order valence-electron chi connectivity index (χ4n) is 2.98. The quantitative estimate of drug-likeness (QED) is 0.797. The van der Waals surface area contributed by atoms with Crippen molar-refractivity contribution >= 4 is 11.4 Å². The number of rotatable bonds is 2. The Morgan fingerprint density at radius 1 is 1.11 bits per heavy atom. The van der Waals surface area contributed by atoms with E-state index in [1.54, 1.807) is 0 Å². The Labute approximate surface area is 108 Å². The van der Waals surface area contributed by atoms with Crippen molar-refractivity contribution < 1.29 is 4.74 Å². The molecule has 1 aromatic carbocycles. The van der Waals surface area contributed by atoms with Gasteiger partial charge < -0.3 is 15.4 Å². The van der Waals surface area contributed by atoms with Gasteiger partial charge >= 0.3 is 0 Å². The van der Waals surface area contributed by atoms with Crippen molar-refractivity contribution in [2.24, 2.45) is 0 Å². The van der Waals surface area contributed by atoms with Gasteiger partial charge in [0.15, 0.2) is 0 Å². The molecule has 1 unspecified atom stereocenters. The molecule has 4 nitrogen and oxygen atoms in total. The first-order valence-corrected chi connectivity index (χ1v) is 6.76. The molecule has 0 amide bonds. The van der Waals surface area contributed by atoms with Crippen molar-refractivity contribution in [2.75, 3.05) is 50.0 Å². The maximum Gasteiger partial charge on any atom is 0.0600 e. The molecule has 3 rings (SSSR count). The Morgan fingerprint density at radius 2 is 1.89 bits per heavy atom. The van der Waals surface area contributed by atoms with E-state index < -0.39 is 0 Å². The van der Waals surface area contributed by atoms with Gasteiger partial charge in [-0.2, -0.15) is 0 Å². The maximum absolute atomic E-state index is 6.05. The molecule has 1 aromatic rings. The molecule has 98 valence electrons. The zero-order valence-corrected chi connectivity index (χ0v) is 10.7. The van der Waals surface area contributed by atoms with E-state index >= 15 is 0 Å². The predicted octanol–water partition coefficient (Wildman–Crippen LogP) is 1.18. The first-order chi connectivity index (χ1) is 8.84. The van der Waals surface area contributed by atoms with Crippen molar-refractivity contribution in [1.82, 2.24) is 4.90 Å². The van der Waals surface area contributed by atoms with E-state index in [0.29, 0.717) is 6.04 Å². The van der Waals surface area contributed by atoms with E-state index in [4.69, 9.17) is 10.5 Å². The lowest BCUT2D eigenvalue weighted by Gasteiger charge is -2.32. The van der Waals surface area contributed by atoms with Crippen molar-refractivity contribution in [1.29, 1.82) is 0 Å². The summed E-state index contributed by atoms with van der Waals surface area (Å²) < 4.78 is 5.41. The number of nitrogen functional groups attached to an aromatic ring is 1. The molecule has 0 radical (unpaired) electrons. The van der Waals surface area contributed by atoms with Crippen LogP contribution < -0.4 is 10.6 Å². The third-order valence-electron chi connectivity index (χ3n) is 4.00. The first-order valence-electron chi connectivity index (χ1n) is 6.76. The highest BCUT2D eigenvalue weighted by Gasteiger charge is 2.29. The Balaban J connectivity index is 1.66. The summed E-state index contributed by atoms with van der Waals surface area (Å²) in [4.78, 5) is 4.97. The lowest BCUT2D eigenvalue weighted by atomic mass is 10.2. The lowest BCUT2D eigenvalue weighted by molar-refractivity contribution is 0.0209. The highest BCUT2D eigenvalue weighted by molar-refractivity contribution is 5.67. The van der Waals surface area contributed by atoms with Crippen molar-refractivity contribution in [3.05, 3.63) is 24.3 Å². The summed E-state index contributed by atoms with van der Waals surface area (Å²) in [5.41, 5.74) is 8.13. The maximum atomic E-state index is 6.05. The van der Waals surface area contributed by atoms with Gasteiger partial charge in [0.1, 0.15) is 0 Å². The van der Waals surface area contributed by atoms with Crippen LogP contribution >= 0.6 is 0 Å². The molecule has 0 bridgehead atoms. The molecule has 0 aliphatic carbocycles. The molecule has 0 saturated carbocycles. The summed E-state index contributed by atoms with van der Waals surface area (Å²) in [5, 5.41) is 0. The molecule has 0 aromatic heterocycles. The van der Waals surface area contributed by atoms with Crippen LogP contribution in [0.4, 0.5) is 11.4 Å². The smallest absolute Gasteiger partial charge is 0.0600 e. The van der Waals surface area contributed by atoms with Gasteiger partial charge in [-0.05, 0) is 18.6 Å². The second-order valence-electron chi connectivity index (χ2n) is 5.10. The van der Waals surface area contributed by atoms with Gasteiger partial charge in [0, 0.05) is 32.2 Å². The van der Waals surface area contributed by atoms with Crippen LogP contribution in [-0.4, -0.2) is 50.3 Å². The van der Waals surface area contributed by atoms with Gasteiger partial charge in [0.25, 0.3) is 0 Å². The average Bonchev–Trinajstić information content (AvgIpc) is 2.90. The average molecular weight is 247 g/mol. The Bertz CT molecular complexity index is 404. The first kappa shape index (κ1) is 11.8. The summed E-state index contributed by atoms with van der Waals surface area (Å²) in [6.07, 6.45) is 1.23. The predicted molar refractivity (Wildman–Crippen MR) is 73.9 cm³/mol. The summed E-state index contributed by atoms with van der Waals surface area (Å²) in [7, 11) is 0. The van der Waals surface area contributed by atoms with E-state index in [-0.39, 0.29) is 0 Å². The Kier molecular flexibility index (Phi) is 3.39. The number of hydrogen-bond acceptors (Lipinski definition) is 4. The van der Waals surface area contributed by atoms with Gasteiger partial charge in [-0.3, -0.25) is 4.90 Å². The zero-order valence-electron chi connectivity index (χ0n) is 10.7. The molecule has 1 atom stereocenters. The SMILES string of the molecule is Nc1ccccc1N1CCC(N2CCOCC2)C1. The summed E-state index contributed by atoms with van der Waals surface area (Å²) in [6.45, 7) is 6.10. The van der Waals surface area contributed by atoms with Crippen LogP contribution in [0.1, 0.15) is 6.42 Å². The number of nitrogens with zero attached hydrogens (tertiary/aromatic N) is 2. The van der Waals surface area contributed by atoms with Crippen molar-refractivity contribution in [3.63, 3.8) is 0 Å². The van der Waals surface area contributed by atoms with Crippen LogP contribution in [0.3, 0.4) is 0 Å². The molecule has 2 N–H and O–H groups in total. The van der Waals surface area contributed by atoms with Crippen LogP contribution in [0.2, 0.25) is 0 Å². The number of ether oxygens (including phenoxy) is 1. The molecular formula is C14H21N3O. The fourth-order valence-corrected chi connectivity index (χ4v) is 2.98. The number of nitrogens with two attached hydrogens (primary N) is 1. The molecule has 2 heterocycles. The van der Waals surface area contributed by atoms with Gasteiger partial charge in [0.2, 0.25) is 0 Å². The fraction of sp³-hybridized carbons (Fsp3) is 0.571. The second kappa shape index (κ2) is 5.16. The van der Waals surface area contributed by atoms with Gasteiger partial charge in [-0.1, -0.05) is 12.1 Å². The Hall–Kier alpha value is -1.26. The van der Waals surface area contributed by atoms with E-state index in [0.717, 1.165) is 45.1 Å². The summed E-state index contributed by atoms with van der Waals surface area (Å²) >= 11 is 0. The van der Waals surface area contributed by atoms with E-state index in [9.17, 15) is 0 Å². The third kappa shape index (κ3) is 2.31. The summed E-state index contributed by atoms with van der Waals surface area (Å²) in [5.74, 6) is 0.